The first-order valence-corrected chi connectivity index (χ1v) is 6.55. The van der Waals surface area contributed by atoms with E-state index >= 15 is 0 Å². The molecule has 1 saturated carbocycles. The predicted molar refractivity (Wildman–Crippen MR) is 65.7 cm³/mol. The van der Waals surface area contributed by atoms with Crippen molar-refractivity contribution < 1.29 is 0 Å². The summed E-state index contributed by atoms with van der Waals surface area (Å²) in [5.74, 6) is 1.24. The highest BCUT2D eigenvalue weighted by Crippen LogP contribution is 2.56. The Balaban J connectivity index is 1.92. The van der Waals surface area contributed by atoms with E-state index in [1.165, 1.54) is 37.2 Å². The molecule has 2 aliphatic rings. The number of rotatable bonds is 3. The highest BCUT2D eigenvalue weighted by molar-refractivity contribution is 5.40. The van der Waals surface area contributed by atoms with Gasteiger partial charge in [0.05, 0.1) is 11.7 Å². The van der Waals surface area contributed by atoms with Crippen molar-refractivity contribution in [3.8, 4) is 0 Å². The van der Waals surface area contributed by atoms with E-state index in [0.29, 0.717) is 11.5 Å². The second-order valence-electron chi connectivity index (χ2n) is 5.60. The monoisotopic (exact) mass is 219 g/mol. The van der Waals surface area contributed by atoms with Crippen LogP contribution >= 0.6 is 0 Å². The van der Waals surface area contributed by atoms with Crippen LogP contribution in [-0.2, 0) is 6.42 Å². The van der Waals surface area contributed by atoms with Crippen LogP contribution in [-0.4, -0.2) is 16.3 Å². The minimum absolute atomic E-state index is 0.534. The fourth-order valence-electron chi connectivity index (χ4n) is 2.83. The minimum Gasteiger partial charge on any atom is -0.370 e. The van der Waals surface area contributed by atoms with Crippen molar-refractivity contribution in [2.45, 2.75) is 52.0 Å². The van der Waals surface area contributed by atoms with Crippen molar-refractivity contribution in [1.82, 2.24) is 9.78 Å². The Morgan fingerprint density at radius 1 is 1.56 bits per heavy atom. The van der Waals surface area contributed by atoms with E-state index in [4.69, 9.17) is 5.10 Å². The van der Waals surface area contributed by atoms with E-state index in [-0.39, 0.29) is 0 Å². The summed E-state index contributed by atoms with van der Waals surface area (Å²) in [6.07, 6.45) is 6.26. The first kappa shape index (κ1) is 10.2. The Hall–Kier alpha value is -0.990. The molecule has 0 saturated heterocycles. The molecule has 0 spiro atoms. The van der Waals surface area contributed by atoms with Crippen LogP contribution in [0, 0.1) is 5.41 Å². The fraction of sp³-hybridized carbons (Fsp3) is 0.769. The summed E-state index contributed by atoms with van der Waals surface area (Å²) in [4.78, 5) is 0. The second-order valence-corrected chi connectivity index (χ2v) is 5.60. The molecule has 1 N–H and O–H groups in total. The number of hydrogen-bond donors (Lipinski definition) is 1. The van der Waals surface area contributed by atoms with E-state index in [1.54, 1.807) is 0 Å². The molecule has 1 aromatic heterocycles. The van der Waals surface area contributed by atoms with Gasteiger partial charge in [-0.2, -0.15) is 5.10 Å². The highest BCUT2D eigenvalue weighted by Gasteiger charge is 2.47. The van der Waals surface area contributed by atoms with Crippen LogP contribution in [0.5, 0.6) is 0 Å². The summed E-state index contributed by atoms with van der Waals surface area (Å²) in [7, 11) is 0. The molecular formula is C13H21N3. The molecule has 2 heterocycles. The number of nitrogens with one attached hydrogen (secondary N) is 1. The Morgan fingerprint density at radius 3 is 3.06 bits per heavy atom. The minimum atomic E-state index is 0.534. The smallest absolute Gasteiger partial charge is 0.124 e. The molecule has 1 unspecified atom stereocenters. The zero-order chi connectivity index (χ0) is 11.2. The molecule has 0 amide bonds. The van der Waals surface area contributed by atoms with Crippen molar-refractivity contribution in [3.05, 3.63) is 11.8 Å². The summed E-state index contributed by atoms with van der Waals surface area (Å²) >= 11 is 0. The zero-order valence-corrected chi connectivity index (χ0v) is 10.3. The van der Waals surface area contributed by atoms with E-state index in [9.17, 15) is 0 Å². The van der Waals surface area contributed by atoms with Gasteiger partial charge < -0.3 is 5.32 Å². The van der Waals surface area contributed by atoms with Crippen molar-refractivity contribution in [2.75, 3.05) is 11.9 Å². The van der Waals surface area contributed by atoms with Crippen LogP contribution < -0.4 is 5.32 Å². The zero-order valence-electron chi connectivity index (χ0n) is 10.3. The molecule has 3 rings (SSSR count). The molecular weight excluding hydrogens is 198 g/mol. The average Bonchev–Trinajstić information content (AvgIpc) is 2.88. The maximum absolute atomic E-state index is 4.78. The van der Waals surface area contributed by atoms with Crippen molar-refractivity contribution in [3.63, 3.8) is 0 Å². The van der Waals surface area contributed by atoms with Gasteiger partial charge in [0.15, 0.2) is 0 Å². The number of hydrogen-bond acceptors (Lipinski definition) is 2. The molecule has 0 bridgehead atoms. The van der Waals surface area contributed by atoms with Gasteiger partial charge in [0.2, 0.25) is 0 Å². The molecule has 0 radical (unpaired) electrons. The molecule has 88 valence electrons. The third-order valence-corrected chi connectivity index (χ3v) is 4.15. The Morgan fingerprint density at radius 2 is 2.38 bits per heavy atom. The Bertz CT molecular complexity index is 390. The lowest BCUT2D eigenvalue weighted by Gasteiger charge is -2.30. The fourth-order valence-corrected chi connectivity index (χ4v) is 2.83. The van der Waals surface area contributed by atoms with E-state index in [2.05, 4.69) is 29.9 Å². The van der Waals surface area contributed by atoms with Crippen molar-refractivity contribution in [2.24, 2.45) is 5.41 Å². The maximum Gasteiger partial charge on any atom is 0.124 e. The molecule has 16 heavy (non-hydrogen) atoms. The molecule has 3 heteroatoms. The van der Waals surface area contributed by atoms with Crippen LogP contribution in [0.2, 0.25) is 0 Å². The quantitative estimate of drug-likeness (QED) is 0.847. The van der Waals surface area contributed by atoms with Crippen LogP contribution in [0.15, 0.2) is 6.07 Å². The number of anilines is 1. The lowest BCUT2D eigenvalue weighted by atomic mass is 9.95. The van der Waals surface area contributed by atoms with Crippen molar-refractivity contribution in [1.29, 1.82) is 0 Å². The third-order valence-electron chi connectivity index (χ3n) is 4.15. The van der Waals surface area contributed by atoms with E-state index in [1.807, 2.05) is 0 Å². The number of fused-ring (bicyclic) bond motifs is 1. The van der Waals surface area contributed by atoms with Gasteiger partial charge in [-0.3, -0.25) is 0 Å². The topological polar surface area (TPSA) is 29.9 Å². The molecule has 3 nitrogen and oxygen atoms in total. The lowest BCUT2D eigenvalue weighted by Crippen LogP contribution is -2.28. The van der Waals surface area contributed by atoms with E-state index in [0.717, 1.165) is 13.0 Å². The molecule has 1 aliphatic heterocycles. The van der Waals surface area contributed by atoms with Crippen LogP contribution in [0.3, 0.4) is 0 Å². The van der Waals surface area contributed by atoms with Crippen LogP contribution in [0.1, 0.15) is 51.3 Å². The number of aromatic nitrogens is 2. The number of aryl methyl sites for hydroxylation is 1. The van der Waals surface area contributed by atoms with Gasteiger partial charge in [-0.25, -0.2) is 4.68 Å². The third kappa shape index (κ3) is 1.53. The second kappa shape index (κ2) is 3.51. The van der Waals surface area contributed by atoms with E-state index < -0.39 is 0 Å². The van der Waals surface area contributed by atoms with Gasteiger partial charge in [-0.05, 0) is 31.1 Å². The van der Waals surface area contributed by atoms with Gasteiger partial charge in [0, 0.05) is 12.6 Å². The summed E-state index contributed by atoms with van der Waals surface area (Å²) in [6.45, 7) is 5.73. The molecule has 0 aromatic carbocycles. The molecule has 1 atom stereocenters. The molecule has 1 fully saturated rings. The first-order chi connectivity index (χ1) is 7.73. The summed E-state index contributed by atoms with van der Waals surface area (Å²) in [5, 5.41) is 8.25. The maximum atomic E-state index is 4.78. The lowest BCUT2D eigenvalue weighted by molar-refractivity contribution is 0.283. The highest BCUT2D eigenvalue weighted by atomic mass is 15.4. The van der Waals surface area contributed by atoms with Gasteiger partial charge in [-0.15, -0.1) is 0 Å². The van der Waals surface area contributed by atoms with Gasteiger partial charge in [0.25, 0.3) is 0 Å². The summed E-state index contributed by atoms with van der Waals surface area (Å²) in [6, 6.07) is 2.87. The first-order valence-electron chi connectivity index (χ1n) is 6.55. The molecule has 1 aliphatic carbocycles. The van der Waals surface area contributed by atoms with Crippen LogP contribution in [0.4, 0.5) is 5.82 Å². The Kier molecular flexibility index (Phi) is 2.23. The van der Waals surface area contributed by atoms with Gasteiger partial charge >= 0.3 is 0 Å². The van der Waals surface area contributed by atoms with Crippen molar-refractivity contribution >= 4 is 5.82 Å². The largest absolute Gasteiger partial charge is 0.370 e. The SMILES string of the molecule is CCCc1cc2n(n1)C(C1(C)CC1)CCN2. The Labute approximate surface area is 97.2 Å². The average molecular weight is 219 g/mol. The van der Waals surface area contributed by atoms with Crippen LogP contribution in [0.25, 0.3) is 0 Å². The van der Waals surface area contributed by atoms with Gasteiger partial charge in [-0.1, -0.05) is 20.3 Å². The summed E-state index contributed by atoms with van der Waals surface area (Å²) in [5.41, 5.74) is 1.79. The predicted octanol–water partition coefficient (Wildman–Crippen LogP) is 2.99. The summed E-state index contributed by atoms with van der Waals surface area (Å²) < 4.78 is 2.27. The number of nitrogens with zero attached hydrogens (tertiary/aromatic N) is 2. The standard InChI is InChI=1S/C13H21N3/c1-3-4-10-9-12-14-8-5-11(16(12)15-10)13(2)6-7-13/h9,11,14H,3-8H2,1-2H3. The normalized spacial score (nSPS) is 26.0. The molecule has 1 aromatic rings. The van der Waals surface area contributed by atoms with Gasteiger partial charge in [0.1, 0.15) is 5.82 Å².